The van der Waals surface area contributed by atoms with Gasteiger partial charge in [-0.05, 0) is 35.6 Å². The highest BCUT2D eigenvalue weighted by Crippen LogP contribution is 2.32. The summed E-state index contributed by atoms with van der Waals surface area (Å²) < 4.78 is 0.961. The third-order valence-electron chi connectivity index (χ3n) is 2.60. The van der Waals surface area contributed by atoms with Gasteiger partial charge in [-0.3, -0.25) is 11.3 Å². The van der Waals surface area contributed by atoms with E-state index in [1.54, 1.807) is 11.3 Å². The minimum Gasteiger partial charge on any atom is -0.271 e. The second kappa shape index (κ2) is 6.37. The molecular weight excluding hydrogens is 355 g/mol. The maximum atomic E-state index is 6.20. The minimum absolute atomic E-state index is 0.0313. The van der Waals surface area contributed by atoms with Gasteiger partial charge in [-0.15, -0.1) is 11.3 Å². The zero-order valence-corrected chi connectivity index (χ0v) is 13.2. The fourth-order valence-corrected chi connectivity index (χ4v) is 3.69. The molecule has 0 bridgehead atoms. The van der Waals surface area contributed by atoms with Gasteiger partial charge in [0.25, 0.3) is 0 Å². The molecule has 96 valence electrons. The van der Waals surface area contributed by atoms with Crippen molar-refractivity contribution >= 4 is 50.5 Å². The van der Waals surface area contributed by atoms with Crippen molar-refractivity contribution in [2.24, 2.45) is 5.84 Å². The molecular formula is C12H11BrCl2N2S. The van der Waals surface area contributed by atoms with Crippen molar-refractivity contribution in [2.75, 3.05) is 0 Å². The van der Waals surface area contributed by atoms with Crippen molar-refractivity contribution in [1.82, 2.24) is 5.43 Å². The average Bonchev–Trinajstić information content (AvgIpc) is 2.75. The monoisotopic (exact) mass is 364 g/mol. The van der Waals surface area contributed by atoms with Gasteiger partial charge in [0.15, 0.2) is 0 Å². The molecule has 0 amide bonds. The second-order valence-corrected chi connectivity index (χ2v) is 6.47. The van der Waals surface area contributed by atoms with E-state index in [1.807, 2.05) is 29.6 Å². The van der Waals surface area contributed by atoms with Crippen LogP contribution in [-0.2, 0) is 6.42 Å². The van der Waals surface area contributed by atoms with Crippen LogP contribution in [0.2, 0.25) is 10.0 Å². The maximum absolute atomic E-state index is 6.20. The summed E-state index contributed by atoms with van der Waals surface area (Å²) in [5.74, 6) is 5.61. The van der Waals surface area contributed by atoms with Gasteiger partial charge in [-0.25, -0.2) is 0 Å². The first-order valence-corrected chi connectivity index (χ1v) is 7.67. The van der Waals surface area contributed by atoms with Crippen LogP contribution < -0.4 is 11.3 Å². The SMILES string of the molecule is NNC(Cc1ccc(Br)cc1Cl)c1sccc1Cl. The first-order chi connectivity index (χ1) is 8.61. The van der Waals surface area contributed by atoms with Crippen LogP contribution in [0.3, 0.4) is 0 Å². The minimum atomic E-state index is -0.0313. The molecule has 0 saturated heterocycles. The molecule has 0 aliphatic carbocycles. The number of rotatable bonds is 4. The molecule has 6 heteroatoms. The molecule has 2 rings (SSSR count). The van der Waals surface area contributed by atoms with Crippen molar-refractivity contribution < 1.29 is 0 Å². The number of halogens is 3. The Morgan fingerprint density at radius 3 is 2.61 bits per heavy atom. The van der Waals surface area contributed by atoms with Gasteiger partial charge in [0, 0.05) is 14.4 Å². The van der Waals surface area contributed by atoms with Gasteiger partial charge in [0.1, 0.15) is 0 Å². The van der Waals surface area contributed by atoms with E-state index in [9.17, 15) is 0 Å². The van der Waals surface area contributed by atoms with Crippen molar-refractivity contribution in [2.45, 2.75) is 12.5 Å². The summed E-state index contributed by atoms with van der Waals surface area (Å²) in [5, 5.41) is 3.40. The van der Waals surface area contributed by atoms with Crippen molar-refractivity contribution in [3.05, 3.63) is 54.6 Å². The topological polar surface area (TPSA) is 38.0 Å². The molecule has 18 heavy (non-hydrogen) atoms. The average molecular weight is 366 g/mol. The van der Waals surface area contributed by atoms with Gasteiger partial charge >= 0.3 is 0 Å². The first-order valence-electron chi connectivity index (χ1n) is 5.24. The Kier molecular flexibility index (Phi) is 5.06. The molecule has 3 N–H and O–H groups in total. The molecule has 2 nitrogen and oxygen atoms in total. The summed E-state index contributed by atoms with van der Waals surface area (Å²) in [5.41, 5.74) is 3.83. The smallest absolute Gasteiger partial charge is 0.0609 e. The summed E-state index contributed by atoms with van der Waals surface area (Å²) in [6, 6.07) is 7.66. The predicted molar refractivity (Wildman–Crippen MR) is 82.2 cm³/mol. The maximum Gasteiger partial charge on any atom is 0.0609 e. The van der Waals surface area contributed by atoms with E-state index in [4.69, 9.17) is 29.0 Å². The van der Waals surface area contributed by atoms with E-state index >= 15 is 0 Å². The standard InChI is InChI=1S/C12H11BrCl2N2S/c13-8-2-1-7(10(15)6-8)5-11(17-16)12-9(14)3-4-18-12/h1-4,6,11,17H,5,16H2. The first kappa shape index (κ1) is 14.3. The van der Waals surface area contributed by atoms with Gasteiger partial charge in [-0.1, -0.05) is 45.2 Å². The van der Waals surface area contributed by atoms with Crippen molar-refractivity contribution in [3.8, 4) is 0 Å². The normalized spacial score (nSPS) is 12.7. The largest absolute Gasteiger partial charge is 0.271 e. The molecule has 1 aromatic heterocycles. The quantitative estimate of drug-likeness (QED) is 0.615. The fraction of sp³-hybridized carbons (Fsp3) is 0.167. The lowest BCUT2D eigenvalue weighted by Crippen LogP contribution is -2.29. The van der Waals surface area contributed by atoms with Crippen LogP contribution in [-0.4, -0.2) is 0 Å². The molecule has 0 radical (unpaired) electrons. The summed E-state index contributed by atoms with van der Waals surface area (Å²) in [4.78, 5) is 1.03. The highest BCUT2D eigenvalue weighted by Gasteiger charge is 2.16. The van der Waals surface area contributed by atoms with E-state index in [1.165, 1.54) is 0 Å². The van der Waals surface area contributed by atoms with Crippen LogP contribution in [0.5, 0.6) is 0 Å². The molecule has 0 spiro atoms. The summed E-state index contributed by atoms with van der Waals surface area (Å²) in [6.45, 7) is 0. The Morgan fingerprint density at radius 1 is 1.28 bits per heavy atom. The lowest BCUT2D eigenvalue weighted by Gasteiger charge is -2.16. The van der Waals surface area contributed by atoms with Crippen LogP contribution in [0.1, 0.15) is 16.5 Å². The lowest BCUT2D eigenvalue weighted by atomic mass is 10.1. The lowest BCUT2D eigenvalue weighted by molar-refractivity contribution is 0.561. The highest BCUT2D eigenvalue weighted by molar-refractivity contribution is 9.10. The van der Waals surface area contributed by atoms with Crippen LogP contribution in [0, 0.1) is 0 Å². The zero-order chi connectivity index (χ0) is 13.1. The van der Waals surface area contributed by atoms with E-state index in [-0.39, 0.29) is 6.04 Å². The zero-order valence-electron chi connectivity index (χ0n) is 9.29. The molecule has 1 unspecified atom stereocenters. The van der Waals surface area contributed by atoms with Gasteiger partial charge in [0.05, 0.1) is 11.1 Å². The Balaban J connectivity index is 2.23. The van der Waals surface area contributed by atoms with Crippen LogP contribution >= 0.6 is 50.5 Å². The van der Waals surface area contributed by atoms with Crippen molar-refractivity contribution in [3.63, 3.8) is 0 Å². The Hall–Kier alpha value is -0.100. The van der Waals surface area contributed by atoms with Gasteiger partial charge in [0.2, 0.25) is 0 Å². The fourth-order valence-electron chi connectivity index (χ4n) is 1.69. The molecule has 0 saturated carbocycles. The van der Waals surface area contributed by atoms with E-state index in [0.29, 0.717) is 6.42 Å². The Bertz CT molecular complexity index is 545. The predicted octanol–water partition coefficient (Wildman–Crippen LogP) is 4.56. The number of hydrogen-bond acceptors (Lipinski definition) is 3. The molecule has 1 aromatic carbocycles. The summed E-state index contributed by atoms with van der Waals surface area (Å²) in [6.07, 6.45) is 0.697. The van der Waals surface area contributed by atoms with Crippen LogP contribution in [0.4, 0.5) is 0 Å². The van der Waals surface area contributed by atoms with E-state index in [2.05, 4.69) is 21.4 Å². The molecule has 1 heterocycles. The Morgan fingerprint density at radius 2 is 2.06 bits per heavy atom. The van der Waals surface area contributed by atoms with E-state index < -0.39 is 0 Å². The van der Waals surface area contributed by atoms with Crippen LogP contribution in [0.15, 0.2) is 34.1 Å². The molecule has 0 fully saturated rings. The highest BCUT2D eigenvalue weighted by atomic mass is 79.9. The second-order valence-electron chi connectivity index (χ2n) is 3.79. The van der Waals surface area contributed by atoms with Gasteiger partial charge in [-0.2, -0.15) is 0 Å². The van der Waals surface area contributed by atoms with Crippen molar-refractivity contribution in [1.29, 1.82) is 0 Å². The van der Waals surface area contributed by atoms with Crippen LogP contribution in [0.25, 0.3) is 0 Å². The number of thiophene rings is 1. The Labute approximate surface area is 128 Å². The summed E-state index contributed by atoms with van der Waals surface area (Å²) >= 11 is 17.3. The third kappa shape index (κ3) is 3.26. The molecule has 2 aromatic rings. The van der Waals surface area contributed by atoms with Gasteiger partial charge < -0.3 is 0 Å². The molecule has 1 atom stereocenters. The number of nitrogens with one attached hydrogen (secondary N) is 1. The number of hydrazine groups is 1. The summed E-state index contributed by atoms with van der Waals surface area (Å²) in [7, 11) is 0. The number of hydrogen-bond donors (Lipinski definition) is 2. The third-order valence-corrected chi connectivity index (χ3v) is 4.92. The molecule has 0 aliphatic rings. The number of nitrogens with two attached hydrogens (primary N) is 1. The number of benzene rings is 1. The van der Waals surface area contributed by atoms with E-state index in [0.717, 1.165) is 25.0 Å². The molecule has 0 aliphatic heterocycles.